The van der Waals surface area contributed by atoms with Crippen LogP contribution in [0.2, 0.25) is 0 Å². The van der Waals surface area contributed by atoms with Gasteiger partial charge in [-0.1, -0.05) is 27.2 Å². The Morgan fingerprint density at radius 2 is 1.86 bits per heavy atom. The average molecular weight is 200 g/mol. The molecule has 82 valence electrons. The standard InChI is InChI=1S/C11H20O3/c1-4-7-8-14-11(13)9(5-2)10(12)6-3/h9H,4-8H2,1-3H3. The van der Waals surface area contributed by atoms with Crippen molar-refractivity contribution in [3.8, 4) is 0 Å². The largest absolute Gasteiger partial charge is 0.465 e. The molecule has 0 spiro atoms. The monoisotopic (exact) mass is 200 g/mol. The number of unbranched alkanes of at least 4 members (excludes halogenated alkanes) is 1. The fraction of sp³-hybridized carbons (Fsp3) is 0.818. The van der Waals surface area contributed by atoms with Crippen molar-refractivity contribution in [2.24, 2.45) is 5.92 Å². The predicted octanol–water partition coefficient (Wildman–Crippen LogP) is 2.33. The molecule has 0 saturated carbocycles. The van der Waals surface area contributed by atoms with Crippen molar-refractivity contribution in [1.29, 1.82) is 0 Å². The van der Waals surface area contributed by atoms with Crippen LogP contribution >= 0.6 is 0 Å². The second-order valence-electron chi connectivity index (χ2n) is 3.30. The summed E-state index contributed by atoms with van der Waals surface area (Å²) in [6, 6.07) is 0. The first kappa shape index (κ1) is 13.1. The summed E-state index contributed by atoms with van der Waals surface area (Å²) in [5.74, 6) is -0.918. The van der Waals surface area contributed by atoms with Gasteiger partial charge < -0.3 is 4.74 Å². The zero-order chi connectivity index (χ0) is 11.0. The number of ketones is 1. The number of esters is 1. The molecule has 0 heterocycles. The van der Waals surface area contributed by atoms with Gasteiger partial charge in [-0.05, 0) is 12.8 Å². The number of ether oxygens (including phenoxy) is 1. The van der Waals surface area contributed by atoms with Crippen molar-refractivity contribution in [1.82, 2.24) is 0 Å². The van der Waals surface area contributed by atoms with Crippen molar-refractivity contribution in [3.63, 3.8) is 0 Å². The molecule has 3 heteroatoms. The van der Waals surface area contributed by atoms with E-state index in [0.717, 1.165) is 12.8 Å². The Balaban J connectivity index is 3.98. The van der Waals surface area contributed by atoms with Gasteiger partial charge in [-0.15, -0.1) is 0 Å². The van der Waals surface area contributed by atoms with Crippen LogP contribution in [-0.2, 0) is 14.3 Å². The predicted molar refractivity (Wildman–Crippen MR) is 54.9 cm³/mol. The van der Waals surface area contributed by atoms with E-state index in [0.29, 0.717) is 19.4 Å². The lowest BCUT2D eigenvalue weighted by atomic mass is 10.00. The number of carbonyl (C=O) groups excluding carboxylic acids is 2. The van der Waals surface area contributed by atoms with Crippen LogP contribution in [-0.4, -0.2) is 18.4 Å². The van der Waals surface area contributed by atoms with Crippen LogP contribution in [0.5, 0.6) is 0 Å². The van der Waals surface area contributed by atoms with Crippen LogP contribution in [0.15, 0.2) is 0 Å². The fourth-order valence-corrected chi connectivity index (χ4v) is 1.19. The molecule has 0 aliphatic heterocycles. The maximum absolute atomic E-state index is 11.4. The first-order valence-corrected chi connectivity index (χ1v) is 5.36. The zero-order valence-corrected chi connectivity index (χ0v) is 9.34. The maximum Gasteiger partial charge on any atom is 0.316 e. The first-order valence-electron chi connectivity index (χ1n) is 5.36. The van der Waals surface area contributed by atoms with Crippen molar-refractivity contribution < 1.29 is 14.3 Å². The Morgan fingerprint density at radius 3 is 2.29 bits per heavy atom. The molecule has 0 aliphatic carbocycles. The molecule has 0 aromatic heterocycles. The summed E-state index contributed by atoms with van der Waals surface area (Å²) in [5, 5.41) is 0. The molecule has 0 saturated heterocycles. The Hall–Kier alpha value is -0.860. The quantitative estimate of drug-likeness (QED) is 0.360. The Bertz CT molecular complexity index is 187. The fourth-order valence-electron chi connectivity index (χ4n) is 1.19. The molecule has 0 aromatic rings. The zero-order valence-electron chi connectivity index (χ0n) is 9.34. The summed E-state index contributed by atoms with van der Waals surface area (Å²) in [5.41, 5.74) is 0. The van der Waals surface area contributed by atoms with Crippen molar-refractivity contribution >= 4 is 11.8 Å². The van der Waals surface area contributed by atoms with E-state index in [1.165, 1.54) is 0 Å². The van der Waals surface area contributed by atoms with Gasteiger partial charge in [0.25, 0.3) is 0 Å². The van der Waals surface area contributed by atoms with E-state index in [2.05, 4.69) is 0 Å². The Kier molecular flexibility index (Phi) is 7.07. The summed E-state index contributed by atoms with van der Waals surface area (Å²) in [4.78, 5) is 22.7. The molecule has 0 amide bonds. The lowest BCUT2D eigenvalue weighted by Gasteiger charge is -2.11. The molecule has 0 radical (unpaired) electrons. The van der Waals surface area contributed by atoms with Crippen molar-refractivity contribution in [2.75, 3.05) is 6.61 Å². The molecule has 0 fully saturated rings. The molecular formula is C11H20O3. The van der Waals surface area contributed by atoms with E-state index in [4.69, 9.17) is 4.74 Å². The van der Waals surface area contributed by atoms with E-state index < -0.39 is 5.92 Å². The van der Waals surface area contributed by atoms with Crippen molar-refractivity contribution in [2.45, 2.75) is 46.5 Å². The molecule has 1 atom stereocenters. The highest BCUT2D eigenvalue weighted by atomic mass is 16.5. The SMILES string of the molecule is CCCCOC(=O)C(CC)C(=O)CC. The van der Waals surface area contributed by atoms with E-state index in [1.54, 1.807) is 6.92 Å². The second-order valence-corrected chi connectivity index (χ2v) is 3.30. The summed E-state index contributed by atoms with van der Waals surface area (Å²) in [6.07, 6.45) is 2.80. The minimum absolute atomic E-state index is 0.0194. The van der Waals surface area contributed by atoms with Gasteiger partial charge in [0.2, 0.25) is 0 Å². The second kappa shape index (κ2) is 7.54. The van der Waals surface area contributed by atoms with Gasteiger partial charge in [-0.25, -0.2) is 0 Å². The Labute approximate surface area is 85.8 Å². The molecular weight excluding hydrogens is 180 g/mol. The third-order valence-corrected chi connectivity index (χ3v) is 2.17. The topological polar surface area (TPSA) is 43.4 Å². The number of hydrogen-bond donors (Lipinski definition) is 0. The summed E-state index contributed by atoms with van der Waals surface area (Å²) in [6.45, 7) is 6.06. The lowest BCUT2D eigenvalue weighted by molar-refractivity contribution is -0.152. The van der Waals surface area contributed by atoms with Gasteiger partial charge in [0.05, 0.1) is 6.61 Å². The summed E-state index contributed by atoms with van der Waals surface area (Å²) >= 11 is 0. The van der Waals surface area contributed by atoms with Crippen LogP contribution < -0.4 is 0 Å². The van der Waals surface area contributed by atoms with Crippen LogP contribution in [0.3, 0.4) is 0 Å². The lowest BCUT2D eigenvalue weighted by Crippen LogP contribution is -2.25. The highest BCUT2D eigenvalue weighted by Gasteiger charge is 2.24. The van der Waals surface area contributed by atoms with Gasteiger partial charge in [0.1, 0.15) is 11.7 Å². The first-order chi connectivity index (χ1) is 6.67. The number of carbonyl (C=O) groups is 2. The van der Waals surface area contributed by atoms with Crippen LogP contribution in [0.25, 0.3) is 0 Å². The molecule has 0 rings (SSSR count). The highest BCUT2D eigenvalue weighted by molar-refractivity contribution is 5.98. The molecule has 1 unspecified atom stereocenters. The normalized spacial score (nSPS) is 12.2. The highest BCUT2D eigenvalue weighted by Crippen LogP contribution is 2.09. The summed E-state index contributed by atoms with van der Waals surface area (Å²) in [7, 11) is 0. The molecule has 0 N–H and O–H groups in total. The minimum Gasteiger partial charge on any atom is -0.465 e. The molecule has 0 aliphatic rings. The minimum atomic E-state index is -0.545. The summed E-state index contributed by atoms with van der Waals surface area (Å²) < 4.78 is 5.00. The van der Waals surface area contributed by atoms with E-state index >= 15 is 0 Å². The van der Waals surface area contributed by atoms with E-state index in [9.17, 15) is 9.59 Å². The van der Waals surface area contributed by atoms with Gasteiger partial charge >= 0.3 is 5.97 Å². The van der Waals surface area contributed by atoms with Gasteiger partial charge in [0, 0.05) is 6.42 Å². The van der Waals surface area contributed by atoms with Gasteiger partial charge in [0.15, 0.2) is 0 Å². The smallest absolute Gasteiger partial charge is 0.316 e. The molecule has 14 heavy (non-hydrogen) atoms. The van der Waals surface area contributed by atoms with E-state index in [1.807, 2.05) is 13.8 Å². The third-order valence-electron chi connectivity index (χ3n) is 2.17. The van der Waals surface area contributed by atoms with Gasteiger partial charge in [-0.3, -0.25) is 9.59 Å². The third kappa shape index (κ3) is 4.40. The molecule has 0 bridgehead atoms. The maximum atomic E-state index is 11.4. The van der Waals surface area contributed by atoms with Gasteiger partial charge in [-0.2, -0.15) is 0 Å². The average Bonchev–Trinajstić information content (AvgIpc) is 2.19. The van der Waals surface area contributed by atoms with E-state index in [-0.39, 0.29) is 11.8 Å². The van der Waals surface area contributed by atoms with Crippen LogP contribution in [0.4, 0.5) is 0 Å². The van der Waals surface area contributed by atoms with Crippen molar-refractivity contribution in [3.05, 3.63) is 0 Å². The number of rotatable bonds is 7. The van der Waals surface area contributed by atoms with Crippen LogP contribution in [0.1, 0.15) is 46.5 Å². The van der Waals surface area contributed by atoms with Crippen LogP contribution in [0, 0.1) is 5.92 Å². The Morgan fingerprint density at radius 1 is 1.21 bits per heavy atom. The number of hydrogen-bond acceptors (Lipinski definition) is 3. The molecule has 0 aromatic carbocycles. The molecule has 3 nitrogen and oxygen atoms in total. The number of Topliss-reactive ketones (excluding diaryl/α,β-unsaturated/α-hetero) is 1.